The van der Waals surface area contributed by atoms with Gasteiger partial charge >= 0.3 is 0 Å². The summed E-state index contributed by atoms with van der Waals surface area (Å²) in [7, 11) is 0. The van der Waals surface area contributed by atoms with E-state index in [-0.39, 0.29) is 23.4 Å². The molecule has 0 aromatic heterocycles. The van der Waals surface area contributed by atoms with E-state index < -0.39 is 0 Å². The molecule has 0 bridgehead atoms. The molecule has 7 heteroatoms. The van der Waals surface area contributed by atoms with Crippen molar-refractivity contribution in [2.24, 2.45) is 5.92 Å². The number of nitrogens with one attached hydrogen (secondary N) is 1. The van der Waals surface area contributed by atoms with Gasteiger partial charge in [0.1, 0.15) is 5.75 Å². The molecule has 3 rings (SSSR count). The van der Waals surface area contributed by atoms with Crippen molar-refractivity contribution >= 4 is 34.7 Å². The number of anilines is 2. The zero-order valence-corrected chi connectivity index (χ0v) is 16.2. The van der Waals surface area contributed by atoms with Crippen LogP contribution in [-0.4, -0.2) is 29.9 Å². The Kier molecular flexibility index (Phi) is 5.86. The lowest BCUT2D eigenvalue weighted by Gasteiger charge is -2.34. The number of piperidine rings is 1. The minimum Gasteiger partial charge on any atom is -0.506 e. The van der Waals surface area contributed by atoms with Gasteiger partial charge in [-0.2, -0.15) is 5.26 Å². The Morgan fingerprint density at radius 2 is 1.93 bits per heavy atom. The largest absolute Gasteiger partial charge is 0.506 e. The molecule has 1 amide bonds. The number of nitriles is 1. The molecule has 6 nitrogen and oxygen atoms in total. The first kappa shape index (κ1) is 19.7. The van der Waals surface area contributed by atoms with Crippen LogP contribution in [0, 0.1) is 17.2 Å². The maximum absolute atomic E-state index is 12.6. The molecular weight excluding hydrogens is 378 g/mol. The Hall–Kier alpha value is -3.04. The number of ketones is 1. The highest BCUT2D eigenvalue weighted by Crippen LogP contribution is 2.30. The fourth-order valence-electron chi connectivity index (χ4n) is 3.39. The minimum atomic E-state index is -0.213. The molecule has 1 aliphatic heterocycles. The average molecular weight is 398 g/mol. The highest BCUT2D eigenvalue weighted by Gasteiger charge is 2.27. The molecule has 1 aliphatic rings. The van der Waals surface area contributed by atoms with E-state index in [0.29, 0.717) is 47.8 Å². The third kappa shape index (κ3) is 4.26. The summed E-state index contributed by atoms with van der Waals surface area (Å²) in [6.45, 7) is 2.69. The third-order valence-electron chi connectivity index (χ3n) is 4.93. The van der Waals surface area contributed by atoms with Crippen molar-refractivity contribution in [2.75, 3.05) is 23.3 Å². The quantitative estimate of drug-likeness (QED) is 0.601. The van der Waals surface area contributed by atoms with Crippen LogP contribution in [0.2, 0.25) is 5.02 Å². The lowest BCUT2D eigenvalue weighted by atomic mass is 9.94. The molecule has 2 N–H and O–H groups in total. The van der Waals surface area contributed by atoms with Gasteiger partial charge in [0.25, 0.3) is 0 Å². The van der Waals surface area contributed by atoms with Gasteiger partial charge in [-0.15, -0.1) is 0 Å². The van der Waals surface area contributed by atoms with Gasteiger partial charge in [0.15, 0.2) is 5.78 Å². The Morgan fingerprint density at radius 3 is 2.57 bits per heavy atom. The van der Waals surface area contributed by atoms with Crippen LogP contribution in [0.25, 0.3) is 0 Å². The first-order chi connectivity index (χ1) is 13.4. The van der Waals surface area contributed by atoms with Gasteiger partial charge in [-0.05, 0) is 56.2 Å². The molecular formula is C21H20ClN3O3. The van der Waals surface area contributed by atoms with Gasteiger partial charge in [0.05, 0.1) is 17.3 Å². The number of hydrogen-bond acceptors (Lipinski definition) is 5. The Bertz CT molecular complexity index is 960. The summed E-state index contributed by atoms with van der Waals surface area (Å²) in [4.78, 5) is 26.5. The van der Waals surface area contributed by atoms with Crippen LogP contribution in [0.1, 0.15) is 35.7 Å². The summed E-state index contributed by atoms with van der Waals surface area (Å²) < 4.78 is 0. The van der Waals surface area contributed by atoms with Crippen molar-refractivity contribution in [3.63, 3.8) is 0 Å². The van der Waals surface area contributed by atoms with Crippen LogP contribution < -0.4 is 10.2 Å². The van der Waals surface area contributed by atoms with Crippen molar-refractivity contribution in [1.29, 1.82) is 5.26 Å². The van der Waals surface area contributed by atoms with Crippen molar-refractivity contribution in [1.82, 2.24) is 0 Å². The molecule has 0 radical (unpaired) electrons. The minimum absolute atomic E-state index is 0.0328. The van der Waals surface area contributed by atoms with Crippen LogP contribution in [0.3, 0.4) is 0 Å². The first-order valence-electron chi connectivity index (χ1n) is 8.98. The second-order valence-corrected chi connectivity index (χ2v) is 7.25. The highest BCUT2D eigenvalue weighted by molar-refractivity contribution is 6.31. The second-order valence-electron chi connectivity index (χ2n) is 6.81. The number of halogens is 1. The fourth-order valence-corrected chi connectivity index (χ4v) is 3.56. The molecule has 0 spiro atoms. The summed E-state index contributed by atoms with van der Waals surface area (Å²) in [5.41, 5.74) is 2.10. The van der Waals surface area contributed by atoms with Gasteiger partial charge in [-0.25, -0.2) is 0 Å². The predicted octanol–water partition coefficient (Wildman–Crippen LogP) is 3.97. The fraction of sp³-hybridized carbons (Fsp3) is 0.286. The molecule has 0 unspecified atom stereocenters. The number of amides is 1. The van der Waals surface area contributed by atoms with E-state index in [1.807, 2.05) is 4.90 Å². The molecule has 0 saturated carbocycles. The predicted molar refractivity (Wildman–Crippen MR) is 108 cm³/mol. The highest BCUT2D eigenvalue weighted by atomic mass is 35.5. The summed E-state index contributed by atoms with van der Waals surface area (Å²) in [6.07, 6.45) is 1.20. The maximum Gasteiger partial charge on any atom is 0.227 e. The molecule has 28 heavy (non-hydrogen) atoms. The molecule has 144 valence electrons. The van der Waals surface area contributed by atoms with Gasteiger partial charge in [0, 0.05) is 35.3 Å². The van der Waals surface area contributed by atoms with E-state index in [0.717, 1.165) is 5.69 Å². The molecule has 0 atom stereocenters. The van der Waals surface area contributed by atoms with Crippen molar-refractivity contribution in [3.05, 3.63) is 52.5 Å². The number of aromatic hydroxyl groups is 1. The lowest BCUT2D eigenvalue weighted by molar-refractivity contribution is -0.120. The topological polar surface area (TPSA) is 93.4 Å². The summed E-state index contributed by atoms with van der Waals surface area (Å²) in [6, 6.07) is 11.6. The summed E-state index contributed by atoms with van der Waals surface area (Å²) in [5.74, 6) is -0.477. The Labute approximate surface area is 168 Å². The third-order valence-corrected chi connectivity index (χ3v) is 5.16. The standard InChI is InChI=1S/C21H20ClN3O3/c1-13(26)17-4-2-14(12-23)10-19(17)25-8-6-15(7-9-25)21(28)24-18-11-16(22)3-5-20(18)27/h2-5,10-11,15,27H,6-9H2,1H3,(H,24,28). The number of nitrogens with zero attached hydrogens (tertiary/aromatic N) is 2. The Morgan fingerprint density at radius 1 is 1.21 bits per heavy atom. The van der Waals surface area contributed by atoms with Gasteiger partial charge in [0.2, 0.25) is 5.91 Å². The van der Waals surface area contributed by atoms with Crippen LogP contribution in [-0.2, 0) is 4.79 Å². The normalized spacial score (nSPS) is 14.4. The van der Waals surface area contributed by atoms with Gasteiger partial charge < -0.3 is 15.3 Å². The summed E-state index contributed by atoms with van der Waals surface area (Å²) in [5, 5.41) is 22.2. The number of benzene rings is 2. The van der Waals surface area contributed by atoms with Crippen molar-refractivity contribution < 1.29 is 14.7 Å². The maximum atomic E-state index is 12.6. The number of carbonyl (C=O) groups is 2. The average Bonchev–Trinajstić information content (AvgIpc) is 2.70. The number of phenols is 1. The van der Waals surface area contributed by atoms with Crippen molar-refractivity contribution in [2.45, 2.75) is 19.8 Å². The van der Waals surface area contributed by atoms with Gasteiger partial charge in [-0.3, -0.25) is 9.59 Å². The van der Waals surface area contributed by atoms with E-state index in [2.05, 4.69) is 11.4 Å². The van der Waals surface area contributed by atoms with Crippen molar-refractivity contribution in [3.8, 4) is 11.8 Å². The van der Waals surface area contributed by atoms with Crippen LogP contribution >= 0.6 is 11.6 Å². The number of Topliss-reactive ketones (excluding diaryl/α,β-unsaturated/α-hetero) is 1. The number of hydrogen-bond donors (Lipinski definition) is 2. The number of rotatable bonds is 4. The van der Waals surface area contributed by atoms with E-state index in [1.165, 1.54) is 19.1 Å². The van der Waals surface area contributed by atoms with E-state index in [4.69, 9.17) is 16.9 Å². The van der Waals surface area contributed by atoms with Crippen LogP contribution in [0.5, 0.6) is 5.75 Å². The second kappa shape index (κ2) is 8.32. The molecule has 2 aromatic rings. The zero-order chi connectivity index (χ0) is 20.3. The smallest absolute Gasteiger partial charge is 0.227 e. The monoisotopic (exact) mass is 397 g/mol. The molecule has 1 saturated heterocycles. The molecule has 1 fully saturated rings. The lowest BCUT2D eigenvalue weighted by Crippen LogP contribution is -2.38. The van der Waals surface area contributed by atoms with Crippen LogP contribution in [0.4, 0.5) is 11.4 Å². The first-order valence-corrected chi connectivity index (χ1v) is 9.36. The molecule has 1 heterocycles. The summed E-state index contributed by atoms with van der Waals surface area (Å²) >= 11 is 5.92. The zero-order valence-electron chi connectivity index (χ0n) is 15.4. The molecule has 2 aromatic carbocycles. The van der Waals surface area contributed by atoms with Crippen LogP contribution in [0.15, 0.2) is 36.4 Å². The van der Waals surface area contributed by atoms with E-state index in [1.54, 1.807) is 24.3 Å². The van der Waals surface area contributed by atoms with E-state index >= 15 is 0 Å². The number of carbonyl (C=O) groups excluding carboxylic acids is 2. The Balaban J connectivity index is 1.69. The van der Waals surface area contributed by atoms with E-state index in [9.17, 15) is 14.7 Å². The SMILES string of the molecule is CC(=O)c1ccc(C#N)cc1N1CCC(C(=O)Nc2cc(Cl)ccc2O)CC1. The van der Waals surface area contributed by atoms with Gasteiger partial charge in [-0.1, -0.05) is 11.6 Å². The molecule has 0 aliphatic carbocycles. The number of phenolic OH excluding ortho intramolecular Hbond substituents is 1.